The molecule has 0 saturated carbocycles. The van der Waals surface area contributed by atoms with E-state index in [0.717, 1.165) is 5.56 Å². The van der Waals surface area contributed by atoms with Gasteiger partial charge < -0.3 is 14.6 Å². The molecule has 1 aliphatic heterocycles. The van der Waals surface area contributed by atoms with Gasteiger partial charge in [0.1, 0.15) is 16.9 Å². The number of benzene rings is 1. The van der Waals surface area contributed by atoms with Crippen LogP contribution in [0.25, 0.3) is 0 Å². The average Bonchev–Trinajstić information content (AvgIpc) is 2.61. The Hall–Kier alpha value is -1.66. The van der Waals surface area contributed by atoms with E-state index in [9.17, 15) is 14.7 Å². The van der Waals surface area contributed by atoms with Crippen LogP contribution in [0, 0.1) is 19.3 Å². The fraction of sp³-hybridized carbons (Fsp3) is 0.474. The highest BCUT2D eigenvalue weighted by Gasteiger charge is 2.66. The molecule has 0 radical (unpaired) electrons. The topological polar surface area (TPSA) is 72.8 Å². The van der Waals surface area contributed by atoms with Crippen LogP contribution in [0.5, 0.6) is 11.5 Å². The Bertz CT molecular complexity index is 869. The molecule has 0 saturated heterocycles. The molecule has 2 aliphatic rings. The molecule has 1 N–H and O–H groups in total. The lowest BCUT2D eigenvalue weighted by atomic mass is 9.62. The van der Waals surface area contributed by atoms with Crippen molar-refractivity contribution in [3.63, 3.8) is 0 Å². The van der Waals surface area contributed by atoms with Gasteiger partial charge in [-0.25, -0.2) is 0 Å². The molecule has 6 heteroatoms. The molecule has 0 aromatic heterocycles. The molecule has 1 aliphatic carbocycles. The summed E-state index contributed by atoms with van der Waals surface area (Å²) < 4.78 is 12.2. The summed E-state index contributed by atoms with van der Waals surface area (Å²) in [5.41, 5.74) is 1.61. The molecule has 0 fully saturated rings. The monoisotopic (exact) mass is 408 g/mol. The first-order valence-electron chi connectivity index (χ1n) is 8.05. The largest absolute Gasteiger partial charge is 0.506 e. The van der Waals surface area contributed by atoms with E-state index in [0.29, 0.717) is 32.5 Å². The number of hydrogen-bond donors (Lipinski definition) is 1. The molecule has 5 nitrogen and oxygen atoms in total. The quantitative estimate of drug-likeness (QED) is 0.768. The maximum absolute atomic E-state index is 13.1. The summed E-state index contributed by atoms with van der Waals surface area (Å²) >= 11 is 3.41. The number of carbonyl (C=O) groups is 2. The first-order chi connectivity index (χ1) is 11.5. The van der Waals surface area contributed by atoms with Gasteiger partial charge in [0.05, 0.1) is 4.47 Å². The van der Waals surface area contributed by atoms with Gasteiger partial charge in [0.25, 0.3) is 5.79 Å². The van der Waals surface area contributed by atoms with Crippen molar-refractivity contribution in [3.8, 4) is 11.5 Å². The van der Waals surface area contributed by atoms with Gasteiger partial charge in [-0.1, -0.05) is 0 Å². The minimum Gasteiger partial charge on any atom is -0.506 e. The first-order valence-corrected chi connectivity index (χ1v) is 8.84. The summed E-state index contributed by atoms with van der Waals surface area (Å²) in [6.07, 6.45) is 0.223. The van der Waals surface area contributed by atoms with E-state index < -0.39 is 11.2 Å². The zero-order valence-corrected chi connectivity index (χ0v) is 16.8. The zero-order valence-electron chi connectivity index (χ0n) is 15.2. The molecular weight excluding hydrogens is 388 g/mol. The minimum atomic E-state index is -1.70. The van der Waals surface area contributed by atoms with Gasteiger partial charge in [0.2, 0.25) is 5.78 Å². The number of rotatable bonds is 1. The van der Waals surface area contributed by atoms with Crippen LogP contribution in [0.15, 0.2) is 15.6 Å². The Labute approximate surface area is 155 Å². The van der Waals surface area contributed by atoms with Gasteiger partial charge in [0.15, 0.2) is 5.78 Å². The van der Waals surface area contributed by atoms with Crippen LogP contribution in [-0.4, -0.2) is 29.6 Å². The van der Waals surface area contributed by atoms with E-state index in [4.69, 9.17) is 9.47 Å². The van der Waals surface area contributed by atoms with Crippen LogP contribution in [0.3, 0.4) is 0 Å². The van der Waals surface area contributed by atoms with Crippen LogP contribution in [-0.2, 0) is 20.7 Å². The molecule has 134 valence electrons. The summed E-state index contributed by atoms with van der Waals surface area (Å²) in [4.78, 5) is 26.2. The molecule has 25 heavy (non-hydrogen) atoms. The number of ketones is 2. The Morgan fingerprint density at radius 1 is 1.08 bits per heavy atom. The standard InChI is InChI=1S/C19H21BrO5/c1-8-9(2)15-12(13(20)14(8)21)7-18(5)16(22)10(3)11(4)17(23)19(18,24-6)25-15/h21H,7H2,1-6H3/t18-,19-/m0/s1. The molecule has 0 unspecified atom stereocenters. The molecular formula is C19H21BrO5. The highest BCUT2D eigenvalue weighted by molar-refractivity contribution is 9.10. The lowest BCUT2D eigenvalue weighted by Crippen LogP contribution is -2.67. The Morgan fingerprint density at radius 2 is 1.64 bits per heavy atom. The van der Waals surface area contributed by atoms with E-state index in [1.807, 2.05) is 6.92 Å². The predicted octanol–water partition coefficient (Wildman–Crippen LogP) is 3.54. The second-order valence-corrected chi connectivity index (χ2v) is 7.85. The molecule has 3 rings (SSSR count). The average molecular weight is 409 g/mol. The molecule has 0 bridgehead atoms. The van der Waals surface area contributed by atoms with E-state index in [1.54, 1.807) is 27.7 Å². The van der Waals surface area contributed by atoms with Crippen LogP contribution < -0.4 is 4.74 Å². The third-order valence-electron chi connectivity index (χ3n) is 5.84. The fourth-order valence-electron chi connectivity index (χ4n) is 3.89. The molecule has 2 atom stereocenters. The van der Waals surface area contributed by atoms with Crippen molar-refractivity contribution in [2.45, 2.75) is 46.8 Å². The normalized spacial score (nSPS) is 28.6. The number of halogens is 1. The first kappa shape index (κ1) is 18.1. The number of carbonyl (C=O) groups excluding carboxylic acids is 2. The van der Waals surface area contributed by atoms with Crippen LogP contribution in [0.4, 0.5) is 0 Å². The summed E-state index contributed by atoms with van der Waals surface area (Å²) in [6, 6.07) is 0. The SMILES string of the molecule is CO[C@@]12Oc3c(C)c(C)c(O)c(Br)c3C[C@@]1(C)C(=O)C(C)=C(C)C2=O. The van der Waals surface area contributed by atoms with Crippen molar-refractivity contribution in [3.05, 3.63) is 32.3 Å². The van der Waals surface area contributed by atoms with Gasteiger partial charge >= 0.3 is 0 Å². The van der Waals surface area contributed by atoms with Crippen molar-refractivity contribution in [1.29, 1.82) is 0 Å². The number of phenolic OH excluding ortho intramolecular Hbond substituents is 1. The number of hydrogen-bond acceptors (Lipinski definition) is 5. The van der Waals surface area contributed by atoms with Crippen LogP contribution >= 0.6 is 15.9 Å². The molecule has 1 aromatic carbocycles. The number of phenols is 1. The van der Waals surface area contributed by atoms with Crippen molar-refractivity contribution in [2.24, 2.45) is 5.41 Å². The minimum absolute atomic E-state index is 0.117. The highest BCUT2D eigenvalue weighted by atomic mass is 79.9. The van der Waals surface area contributed by atoms with Gasteiger partial charge in [-0.2, -0.15) is 0 Å². The molecule has 0 spiro atoms. The zero-order chi connectivity index (χ0) is 18.9. The Kier molecular flexibility index (Phi) is 3.93. The number of Topliss-reactive ketones (excluding diaryl/α,β-unsaturated/α-hetero) is 2. The lowest BCUT2D eigenvalue weighted by molar-refractivity contribution is -0.230. The highest BCUT2D eigenvalue weighted by Crippen LogP contribution is 2.55. The maximum atomic E-state index is 13.1. The van der Waals surface area contributed by atoms with Crippen molar-refractivity contribution in [1.82, 2.24) is 0 Å². The maximum Gasteiger partial charge on any atom is 0.287 e. The van der Waals surface area contributed by atoms with E-state index >= 15 is 0 Å². The van der Waals surface area contributed by atoms with E-state index in [-0.39, 0.29) is 23.7 Å². The third kappa shape index (κ3) is 1.98. The Balaban J connectivity index is 2.37. The van der Waals surface area contributed by atoms with Gasteiger partial charge in [0, 0.05) is 18.2 Å². The Morgan fingerprint density at radius 3 is 2.20 bits per heavy atom. The number of fused-ring (bicyclic) bond motifs is 2. The van der Waals surface area contributed by atoms with Crippen molar-refractivity contribution >= 4 is 27.5 Å². The summed E-state index contributed by atoms with van der Waals surface area (Å²) in [5.74, 6) is -1.61. The number of allylic oxidation sites excluding steroid dienone is 1. The number of aromatic hydroxyl groups is 1. The van der Waals surface area contributed by atoms with Crippen LogP contribution in [0.1, 0.15) is 37.5 Å². The second-order valence-electron chi connectivity index (χ2n) is 7.06. The van der Waals surface area contributed by atoms with E-state index in [1.165, 1.54) is 7.11 Å². The van der Waals surface area contributed by atoms with E-state index in [2.05, 4.69) is 15.9 Å². The third-order valence-corrected chi connectivity index (χ3v) is 6.69. The summed E-state index contributed by atoms with van der Waals surface area (Å²) in [6.45, 7) is 8.56. The summed E-state index contributed by atoms with van der Waals surface area (Å²) in [7, 11) is 1.39. The smallest absolute Gasteiger partial charge is 0.287 e. The predicted molar refractivity (Wildman–Crippen MR) is 95.8 cm³/mol. The molecule has 1 aromatic rings. The second kappa shape index (κ2) is 5.42. The lowest BCUT2D eigenvalue weighted by Gasteiger charge is -2.51. The van der Waals surface area contributed by atoms with Crippen molar-refractivity contribution in [2.75, 3.05) is 7.11 Å². The van der Waals surface area contributed by atoms with Gasteiger partial charge in [-0.15, -0.1) is 0 Å². The fourth-order valence-corrected chi connectivity index (χ4v) is 4.51. The molecule has 1 heterocycles. The van der Waals surface area contributed by atoms with Gasteiger partial charge in [-0.3, -0.25) is 9.59 Å². The summed E-state index contributed by atoms with van der Waals surface area (Å²) in [5, 5.41) is 10.4. The van der Waals surface area contributed by atoms with Crippen LogP contribution in [0.2, 0.25) is 0 Å². The van der Waals surface area contributed by atoms with Crippen molar-refractivity contribution < 1.29 is 24.2 Å². The van der Waals surface area contributed by atoms with Gasteiger partial charge in [-0.05, 0) is 73.7 Å². The number of methoxy groups -OCH3 is 1. The number of ether oxygens (including phenoxy) is 2. The molecule has 0 amide bonds.